The highest BCUT2D eigenvalue weighted by molar-refractivity contribution is 6.07. The van der Waals surface area contributed by atoms with Crippen LogP contribution in [-0.2, 0) is 4.79 Å². The third-order valence-corrected chi connectivity index (χ3v) is 5.27. The van der Waals surface area contributed by atoms with E-state index in [-0.39, 0.29) is 11.8 Å². The van der Waals surface area contributed by atoms with Gasteiger partial charge in [-0.2, -0.15) is 0 Å². The molecule has 0 saturated carbocycles. The Morgan fingerprint density at radius 3 is 1.84 bits per heavy atom. The second kappa shape index (κ2) is 9.72. The zero-order chi connectivity index (χ0) is 21.5. The topological polar surface area (TPSA) is 58.2 Å². The van der Waals surface area contributed by atoms with E-state index < -0.39 is 5.92 Å². The van der Waals surface area contributed by atoms with Crippen molar-refractivity contribution in [3.05, 3.63) is 120 Å². The van der Waals surface area contributed by atoms with Gasteiger partial charge in [-0.3, -0.25) is 9.59 Å². The summed E-state index contributed by atoms with van der Waals surface area (Å²) < 4.78 is 0. The highest BCUT2D eigenvalue weighted by Crippen LogP contribution is 2.24. The van der Waals surface area contributed by atoms with Crippen LogP contribution < -0.4 is 10.6 Å². The van der Waals surface area contributed by atoms with E-state index in [2.05, 4.69) is 10.6 Å². The van der Waals surface area contributed by atoms with Crippen LogP contribution in [0.2, 0.25) is 0 Å². The summed E-state index contributed by atoms with van der Waals surface area (Å²) in [6, 6.07) is 32.9. The molecule has 0 aliphatic carbocycles. The first-order valence-corrected chi connectivity index (χ1v) is 10.4. The van der Waals surface area contributed by atoms with Crippen LogP contribution in [0.4, 0.5) is 0 Å². The van der Waals surface area contributed by atoms with Gasteiger partial charge < -0.3 is 10.6 Å². The summed E-state index contributed by atoms with van der Waals surface area (Å²) in [5, 5.41) is 7.82. The molecule has 4 heteroatoms. The Kier molecular flexibility index (Phi) is 6.38. The lowest BCUT2D eigenvalue weighted by Gasteiger charge is -2.18. The lowest BCUT2D eigenvalue weighted by Crippen LogP contribution is -2.37. The minimum absolute atomic E-state index is 0.0863. The second-order valence-corrected chi connectivity index (χ2v) is 7.33. The van der Waals surface area contributed by atoms with E-state index in [1.54, 1.807) is 0 Å². The summed E-state index contributed by atoms with van der Waals surface area (Å²) in [7, 11) is 0. The molecule has 4 aromatic rings. The van der Waals surface area contributed by atoms with Crippen LogP contribution in [-0.4, -0.2) is 24.9 Å². The molecule has 0 heterocycles. The first kappa shape index (κ1) is 20.4. The quantitative estimate of drug-likeness (QED) is 0.442. The molecule has 154 valence electrons. The normalized spacial score (nSPS) is 10.7. The highest BCUT2D eigenvalue weighted by Gasteiger charge is 2.22. The minimum atomic E-state index is -0.392. The number of nitrogens with one attached hydrogen (secondary N) is 2. The van der Waals surface area contributed by atoms with Crippen LogP contribution in [0.3, 0.4) is 0 Å². The lowest BCUT2D eigenvalue weighted by atomic mass is 9.90. The summed E-state index contributed by atoms with van der Waals surface area (Å²) in [5.74, 6) is -0.623. The second-order valence-electron chi connectivity index (χ2n) is 7.33. The van der Waals surface area contributed by atoms with Crippen molar-refractivity contribution in [1.82, 2.24) is 10.6 Å². The molecule has 2 amide bonds. The molecule has 4 aromatic carbocycles. The van der Waals surface area contributed by atoms with Crippen LogP contribution in [0.1, 0.15) is 27.4 Å². The van der Waals surface area contributed by atoms with Gasteiger partial charge in [-0.05, 0) is 28.0 Å². The molecule has 0 aromatic heterocycles. The fourth-order valence-corrected chi connectivity index (χ4v) is 3.77. The standard InChI is InChI=1S/C27H24N2O2/c30-26(24-17-9-15-20-10-7-8-16-23(20)24)28-18-19-29-27(31)25(21-11-3-1-4-12-21)22-13-5-2-6-14-22/h1-17,25H,18-19H2,(H,28,30)(H,29,31). The van der Waals surface area contributed by atoms with Crippen LogP contribution in [0, 0.1) is 0 Å². The monoisotopic (exact) mass is 408 g/mol. The molecule has 0 saturated heterocycles. The van der Waals surface area contributed by atoms with Crippen molar-refractivity contribution in [3.63, 3.8) is 0 Å². The Balaban J connectivity index is 1.39. The highest BCUT2D eigenvalue weighted by atomic mass is 16.2. The number of carbonyl (C=O) groups excluding carboxylic acids is 2. The summed E-state index contributed by atoms with van der Waals surface area (Å²) in [6.07, 6.45) is 0. The zero-order valence-electron chi connectivity index (χ0n) is 17.1. The molecular weight excluding hydrogens is 384 g/mol. The van der Waals surface area contributed by atoms with Crippen molar-refractivity contribution in [1.29, 1.82) is 0 Å². The Morgan fingerprint density at radius 1 is 0.613 bits per heavy atom. The molecule has 0 unspecified atom stereocenters. The van der Waals surface area contributed by atoms with Gasteiger partial charge in [0.05, 0.1) is 5.92 Å². The van der Waals surface area contributed by atoms with Gasteiger partial charge in [0.2, 0.25) is 5.91 Å². The fraction of sp³-hybridized carbons (Fsp3) is 0.111. The molecule has 0 bridgehead atoms. The average molecular weight is 409 g/mol. The van der Waals surface area contributed by atoms with Crippen LogP contribution in [0.25, 0.3) is 10.8 Å². The van der Waals surface area contributed by atoms with E-state index in [0.29, 0.717) is 18.7 Å². The van der Waals surface area contributed by atoms with Gasteiger partial charge in [0, 0.05) is 18.7 Å². The van der Waals surface area contributed by atoms with Gasteiger partial charge in [0.1, 0.15) is 0 Å². The molecular formula is C27H24N2O2. The van der Waals surface area contributed by atoms with E-state index >= 15 is 0 Å². The number of benzene rings is 4. The van der Waals surface area contributed by atoms with Crippen molar-refractivity contribution in [2.24, 2.45) is 0 Å². The molecule has 0 fully saturated rings. The largest absolute Gasteiger partial charge is 0.354 e. The predicted molar refractivity (Wildman–Crippen MR) is 124 cm³/mol. The van der Waals surface area contributed by atoms with E-state index in [9.17, 15) is 9.59 Å². The zero-order valence-corrected chi connectivity index (χ0v) is 17.1. The van der Waals surface area contributed by atoms with Crippen molar-refractivity contribution in [2.75, 3.05) is 13.1 Å². The summed E-state index contributed by atoms with van der Waals surface area (Å²) >= 11 is 0. The Bertz CT molecular complexity index is 1130. The van der Waals surface area contributed by atoms with E-state index in [0.717, 1.165) is 21.9 Å². The van der Waals surface area contributed by atoms with E-state index in [1.807, 2.05) is 103 Å². The number of hydrogen-bond donors (Lipinski definition) is 2. The van der Waals surface area contributed by atoms with Crippen molar-refractivity contribution in [2.45, 2.75) is 5.92 Å². The van der Waals surface area contributed by atoms with E-state index in [4.69, 9.17) is 0 Å². The molecule has 0 aliphatic heterocycles. The van der Waals surface area contributed by atoms with Crippen molar-refractivity contribution >= 4 is 22.6 Å². The summed E-state index contributed by atoms with van der Waals surface area (Å²) in [5.41, 5.74) is 2.51. The van der Waals surface area contributed by atoms with Gasteiger partial charge >= 0.3 is 0 Å². The number of rotatable bonds is 7. The smallest absolute Gasteiger partial charge is 0.251 e. The number of carbonyl (C=O) groups is 2. The Morgan fingerprint density at radius 2 is 1.16 bits per heavy atom. The molecule has 31 heavy (non-hydrogen) atoms. The lowest BCUT2D eigenvalue weighted by molar-refractivity contribution is -0.121. The molecule has 4 nitrogen and oxygen atoms in total. The van der Waals surface area contributed by atoms with Gasteiger partial charge in [-0.1, -0.05) is 97.1 Å². The van der Waals surface area contributed by atoms with Gasteiger partial charge in [0.25, 0.3) is 5.91 Å². The van der Waals surface area contributed by atoms with E-state index in [1.165, 1.54) is 0 Å². The Hall–Kier alpha value is -3.92. The molecule has 0 spiro atoms. The van der Waals surface area contributed by atoms with Crippen LogP contribution >= 0.6 is 0 Å². The van der Waals surface area contributed by atoms with Gasteiger partial charge in [-0.15, -0.1) is 0 Å². The molecule has 2 N–H and O–H groups in total. The maximum atomic E-state index is 13.0. The number of fused-ring (bicyclic) bond motifs is 1. The first-order valence-electron chi connectivity index (χ1n) is 10.4. The SMILES string of the molecule is O=C(NCCNC(=O)C(c1ccccc1)c1ccccc1)c1cccc2ccccc12. The Labute approximate surface area is 181 Å². The average Bonchev–Trinajstić information content (AvgIpc) is 2.83. The molecule has 0 aliphatic rings. The summed E-state index contributed by atoms with van der Waals surface area (Å²) in [4.78, 5) is 25.7. The van der Waals surface area contributed by atoms with Gasteiger partial charge in [-0.25, -0.2) is 0 Å². The van der Waals surface area contributed by atoms with Crippen molar-refractivity contribution in [3.8, 4) is 0 Å². The maximum Gasteiger partial charge on any atom is 0.251 e. The third kappa shape index (κ3) is 4.81. The number of amides is 2. The summed E-state index contributed by atoms with van der Waals surface area (Å²) in [6.45, 7) is 0.704. The molecule has 0 radical (unpaired) electrons. The predicted octanol–water partition coefficient (Wildman–Crippen LogP) is 4.52. The van der Waals surface area contributed by atoms with Crippen LogP contribution in [0.5, 0.6) is 0 Å². The number of hydrogen-bond acceptors (Lipinski definition) is 2. The van der Waals surface area contributed by atoms with Gasteiger partial charge in [0.15, 0.2) is 0 Å². The maximum absolute atomic E-state index is 13.0. The molecule has 4 rings (SSSR count). The van der Waals surface area contributed by atoms with Crippen molar-refractivity contribution < 1.29 is 9.59 Å². The molecule has 0 atom stereocenters. The fourth-order valence-electron chi connectivity index (χ4n) is 3.77. The van der Waals surface area contributed by atoms with Crippen LogP contribution in [0.15, 0.2) is 103 Å². The third-order valence-electron chi connectivity index (χ3n) is 5.27. The minimum Gasteiger partial charge on any atom is -0.354 e. The first-order chi connectivity index (χ1) is 15.2.